The predicted molar refractivity (Wildman–Crippen MR) is 81.0 cm³/mol. The van der Waals surface area contributed by atoms with Gasteiger partial charge in [0.05, 0.1) is 5.69 Å². The summed E-state index contributed by atoms with van der Waals surface area (Å²) in [5, 5.41) is 2.53. The molecule has 0 aliphatic carbocycles. The Balaban J connectivity index is 2.02. The molecular formula is C17H18FNO2. The molecule has 0 fully saturated rings. The van der Waals surface area contributed by atoms with Crippen molar-refractivity contribution in [3.8, 4) is 5.75 Å². The van der Waals surface area contributed by atoms with Crippen molar-refractivity contribution in [3.63, 3.8) is 0 Å². The average Bonchev–Trinajstić information content (AvgIpc) is 2.41. The molecular weight excluding hydrogens is 269 g/mol. The summed E-state index contributed by atoms with van der Waals surface area (Å²) in [6.45, 7) is 5.36. The molecule has 0 radical (unpaired) electrons. The van der Waals surface area contributed by atoms with Gasteiger partial charge in [-0.05, 0) is 56.2 Å². The Morgan fingerprint density at radius 3 is 2.52 bits per heavy atom. The van der Waals surface area contributed by atoms with Crippen LogP contribution < -0.4 is 10.1 Å². The van der Waals surface area contributed by atoms with Gasteiger partial charge in [-0.1, -0.05) is 18.2 Å². The van der Waals surface area contributed by atoms with Crippen LogP contribution in [0.4, 0.5) is 10.1 Å². The molecule has 2 aromatic carbocycles. The van der Waals surface area contributed by atoms with Crippen molar-refractivity contribution in [1.82, 2.24) is 0 Å². The van der Waals surface area contributed by atoms with Gasteiger partial charge in [0, 0.05) is 0 Å². The summed E-state index contributed by atoms with van der Waals surface area (Å²) in [5.74, 6) is -0.229. The molecule has 0 aromatic heterocycles. The van der Waals surface area contributed by atoms with Gasteiger partial charge in [-0.2, -0.15) is 0 Å². The minimum absolute atomic E-state index is 0.158. The largest absolute Gasteiger partial charge is 0.481 e. The van der Waals surface area contributed by atoms with Crippen LogP contribution in [0.15, 0.2) is 42.5 Å². The van der Waals surface area contributed by atoms with Crippen LogP contribution in [-0.2, 0) is 4.79 Å². The molecule has 0 saturated carbocycles. The molecule has 0 aliphatic rings. The number of hydrogen-bond acceptors (Lipinski definition) is 2. The van der Waals surface area contributed by atoms with E-state index in [1.807, 2.05) is 25.1 Å². The Kier molecular flexibility index (Phi) is 4.58. The Bertz CT molecular complexity index is 655. The fraction of sp³-hybridized carbons (Fsp3) is 0.235. The van der Waals surface area contributed by atoms with Crippen molar-refractivity contribution in [1.29, 1.82) is 0 Å². The highest BCUT2D eigenvalue weighted by Crippen LogP contribution is 2.17. The maximum Gasteiger partial charge on any atom is 0.265 e. The molecule has 0 spiro atoms. The molecule has 21 heavy (non-hydrogen) atoms. The Morgan fingerprint density at radius 1 is 1.14 bits per heavy atom. The van der Waals surface area contributed by atoms with Crippen LogP contribution in [0.25, 0.3) is 0 Å². The molecule has 2 rings (SSSR count). The van der Waals surface area contributed by atoms with E-state index in [1.165, 1.54) is 6.07 Å². The van der Waals surface area contributed by atoms with Crippen LogP contribution in [0, 0.1) is 19.7 Å². The summed E-state index contributed by atoms with van der Waals surface area (Å²) in [7, 11) is 0. The second kappa shape index (κ2) is 6.39. The second-order valence-corrected chi connectivity index (χ2v) is 5.05. The number of benzene rings is 2. The zero-order valence-electron chi connectivity index (χ0n) is 12.3. The van der Waals surface area contributed by atoms with Gasteiger partial charge in [-0.15, -0.1) is 0 Å². The predicted octanol–water partition coefficient (Wildman–Crippen LogP) is 3.85. The third-order valence-electron chi connectivity index (χ3n) is 3.05. The molecule has 1 atom stereocenters. The molecule has 0 saturated heterocycles. The molecule has 0 heterocycles. The van der Waals surface area contributed by atoms with Crippen LogP contribution in [0.2, 0.25) is 0 Å². The molecule has 1 N–H and O–H groups in total. The maximum atomic E-state index is 13.7. The molecule has 1 amide bonds. The van der Waals surface area contributed by atoms with Crippen LogP contribution in [0.3, 0.4) is 0 Å². The standard InChI is InChI=1S/C17H18FNO2/c1-11-5-4-6-14(9-11)21-13(3)17(20)19-16-8-7-12(2)10-15(16)18/h4-10,13H,1-3H3,(H,19,20)/t13-/m1/s1. The van der Waals surface area contributed by atoms with E-state index in [4.69, 9.17) is 4.74 Å². The topological polar surface area (TPSA) is 38.3 Å². The van der Waals surface area contributed by atoms with Gasteiger partial charge in [0.2, 0.25) is 0 Å². The summed E-state index contributed by atoms with van der Waals surface area (Å²) >= 11 is 0. The van der Waals surface area contributed by atoms with Crippen LogP contribution in [0.5, 0.6) is 5.75 Å². The lowest BCUT2D eigenvalue weighted by molar-refractivity contribution is -0.122. The summed E-state index contributed by atoms with van der Waals surface area (Å²) in [6.07, 6.45) is -0.715. The van der Waals surface area contributed by atoms with Crippen molar-refractivity contribution >= 4 is 11.6 Å². The zero-order valence-corrected chi connectivity index (χ0v) is 12.3. The van der Waals surface area contributed by atoms with E-state index < -0.39 is 11.9 Å². The summed E-state index contributed by atoms with van der Waals surface area (Å²) < 4.78 is 19.3. The van der Waals surface area contributed by atoms with Crippen molar-refractivity contribution in [2.24, 2.45) is 0 Å². The number of rotatable bonds is 4. The molecule has 0 unspecified atom stereocenters. The van der Waals surface area contributed by atoms with Crippen LogP contribution >= 0.6 is 0 Å². The number of aryl methyl sites for hydroxylation is 2. The summed E-state index contributed by atoms with van der Waals surface area (Å²) in [4.78, 5) is 12.0. The third kappa shape index (κ3) is 4.05. The second-order valence-electron chi connectivity index (χ2n) is 5.05. The van der Waals surface area contributed by atoms with Crippen molar-refractivity contribution in [2.45, 2.75) is 26.9 Å². The minimum atomic E-state index is -0.715. The Labute approximate surface area is 123 Å². The summed E-state index contributed by atoms with van der Waals surface area (Å²) in [6, 6.07) is 12.1. The van der Waals surface area contributed by atoms with Crippen LogP contribution in [-0.4, -0.2) is 12.0 Å². The maximum absolute atomic E-state index is 13.7. The Hall–Kier alpha value is -2.36. The van der Waals surface area contributed by atoms with Crippen LogP contribution in [0.1, 0.15) is 18.1 Å². The normalized spacial score (nSPS) is 11.8. The van der Waals surface area contributed by atoms with Gasteiger partial charge >= 0.3 is 0 Å². The fourth-order valence-corrected chi connectivity index (χ4v) is 1.90. The molecule has 0 bridgehead atoms. The van der Waals surface area contributed by atoms with Crippen molar-refractivity contribution in [2.75, 3.05) is 5.32 Å². The number of amides is 1. The molecule has 0 aliphatic heterocycles. The van der Waals surface area contributed by atoms with E-state index >= 15 is 0 Å². The number of carbonyl (C=O) groups excluding carboxylic acids is 1. The van der Waals surface area contributed by atoms with Gasteiger partial charge in [-0.3, -0.25) is 4.79 Å². The van der Waals surface area contributed by atoms with Gasteiger partial charge in [0.1, 0.15) is 11.6 Å². The number of carbonyl (C=O) groups is 1. The van der Waals surface area contributed by atoms with Gasteiger partial charge < -0.3 is 10.1 Å². The van der Waals surface area contributed by atoms with E-state index in [2.05, 4.69) is 5.32 Å². The highest BCUT2D eigenvalue weighted by molar-refractivity contribution is 5.94. The number of halogens is 1. The van der Waals surface area contributed by atoms with E-state index in [0.29, 0.717) is 5.75 Å². The third-order valence-corrected chi connectivity index (χ3v) is 3.05. The zero-order chi connectivity index (χ0) is 15.4. The number of nitrogens with one attached hydrogen (secondary N) is 1. The fourth-order valence-electron chi connectivity index (χ4n) is 1.90. The first kappa shape index (κ1) is 15.0. The van der Waals surface area contributed by atoms with Gasteiger partial charge in [0.15, 0.2) is 6.10 Å². The van der Waals surface area contributed by atoms with E-state index in [1.54, 1.807) is 32.0 Å². The van der Waals surface area contributed by atoms with E-state index in [9.17, 15) is 9.18 Å². The smallest absolute Gasteiger partial charge is 0.265 e. The number of anilines is 1. The lowest BCUT2D eigenvalue weighted by Crippen LogP contribution is -2.30. The molecule has 3 nitrogen and oxygen atoms in total. The Morgan fingerprint density at radius 2 is 1.86 bits per heavy atom. The molecule has 4 heteroatoms. The van der Waals surface area contributed by atoms with Gasteiger partial charge in [0.25, 0.3) is 5.91 Å². The first-order chi connectivity index (χ1) is 9.95. The summed E-state index contributed by atoms with van der Waals surface area (Å²) in [5.41, 5.74) is 2.00. The number of hydrogen-bond donors (Lipinski definition) is 1. The van der Waals surface area contributed by atoms with E-state index in [0.717, 1.165) is 11.1 Å². The molecule has 2 aromatic rings. The number of ether oxygens (including phenoxy) is 1. The highest BCUT2D eigenvalue weighted by atomic mass is 19.1. The van der Waals surface area contributed by atoms with Crippen molar-refractivity contribution < 1.29 is 13.9 Å². The molecule has 110 valence electrons. The first-order valence-electron chi connectivity index (χ1n) is 6.76. The monoisotopic (exact) mass is 287 g/mol. The SMILES string of the molecule is Cc1cccc(O[C@H](C)C(=O)Nc2ccc(C)cc2F)c1. The quantitative estimate of drug-likeness (QED) is 0.927. The highest BCUT2D eigenvalue weighted by Gasteiger charge is 2.16. The average molecular weight is 287 g/mol. The van der Waals surface area contributed by atoms with E-state index in [-0.39, 0.29) is 11.6 Å². The first-order valence-corrected chi connectivity index (χ1v) is 6.76. The van der Waals surface area contributed by atoms with Gasteiger partial charge in [-0.25, -0.2) is 4.39 Å². The minimum Gasteiger partial charge on any atom is -0.481 e. The lowest BCUT2D eigenvalue weighted by atomic mass is 10.2. The lowest BCUT2D eigenvalue weighted by Gasteiger charge is -2.15. The van der Waals surface area contributed by atoms with Crippen molar-refractivity contribution in [3.05, 3.63) is 59.4 Å².